The number of aromatic nitrogens is 2. The van der Waals surface area contributed by atoms with Crippen LogP contribution in [-0.2, 0) is 21.4 Å². The van der Waals surface area contributed by atoms with Gasteiger partial charge in [0, 0.05) is 25.1 Å². The van der Waals surface area contributed by atoms with E-state index in [4.69, 9.17) is 4.74 Å². The summed E-state index contributed by atoms with van der Waals surface area (Å²) in [5.74, 6) is 0.174. The van der Waals surface area contributed by atoms with Crippen LogP contribution in [0.1, 0.15) is 48.2 Å². The number of benzene rings is 1. The Balaban J connectivity index is 1.86. The molecule has 152 valence electrons. The first-order valence-electron chi connectivity index (χ1n) is 9.84. The van der Waals surface area contributed by atoms with Crippen molar-refractivity contribution in [2.24, 2.45) is 5.92 Å². The number of fused-ring (bicyclic) bond motifs is 1. The quantitative estimate of drug-likeness (QED) is 0.544. The zero-order valence-electron chi connectivity index (χ0n) is 16.4. The summed E-state index contributed by atoms with van der Waals surface area (Å²) in [4.78, 5) is 17.7. The van der Waals surface area contributed by atoms with Crippen molar-refractivity contribution >= 4 is 26.8 Å². The Labute approximate surface area is 170 Å². The lowest BCUT2D eigenvalue weighted by molar-refractivity contribution is 0.0956. The molecule has 0 aliphatic heterocycles. The molecule has 0 amide bonds. The Morgan fingerprint density at radius 2 is 1.90 bits per heavy atom. The molecule has 3 aromatic rings. The van der Waals surface area contributed by atoms with Gasteiger partial charge in [-0.15, -0.1) is 0 Å². The molecule has 1 saturated carbocycles. The van der Waals surface area contributed by atoms with E-state index in [1.54, 1.807) is 37.6 Å². The molecular formula is C22H24N2O4S. The van der Waals surface area contributed by atoms with Crippen molar-refractivity contribution < 1.29 is 17.9 Å². The molecule has 2 heterocycles. The molecule has 1 aliphatic rings. The van der Waals surface area contributed by atoms with Gasteiger partial charge in [-0.25, -0.2) is 17.4 Å². The lowest BCUT2D eigenvalue weighted by Gasteiger charge is -2.12. The van der Waals surface area contributed by atoms with Crippen LogP contribution >= 0.6 is 0 Å². The summed E-state index contributed by atoms with van der Waals surface area (Å²) in [6, 6.07) is 11.6. The van der Waals surface area contributed by atoms with Gasteiger partial charge in [-0.3, -0.25) is 4.79 Å². The smallest absolute Gasteiger partial charge is 0.270 e. The number of carbonyl (C=O) groups is 1. The highest BCUT2D eigenvalue weighted by atomic mass is 32.2. The zero-order valence-corrected chi connectivity index (χ0v) is 17.2. The van der Waals surface area contributed by atoms with Crippen molar-refractivity contribution in [2.75, 3.05) is 7.11 Å². The molecule has 1 aliphatic carbocycles. The first-order chi connectivity index (χ1) is 14.0. The minimum atomic E-state index is -3.95. The average molecular weight is 413 g/mol. The monoisotopic (exact) mass is 412 g/mol. The fourth-order valence-electron chi connectivity index (χ4n) is 4.08. The Morgan fingerprint density at radius 3 is 2.59 bits per heavy atom. The number of pyridine rings is 1. The van der Waals surface area contributed by atoms with Crippen LogP contribution in [0.4, 0.5) is 0 Å². The lowest BCUT2D eigenvalue weighted by Crippen LogP contribution is -2.20. The number of hydrogen-bond acceptors (Lipinski definition) is 5. The molecular weight excluding hydrogens is 388 g/mol. The molecule has 0 radical (unpaired) electrons. The SMILES string of the molecule is COCc1cnc2c(c1)cc(C(=O)CC1CCCC1)n2S(=O)(=O)c1ccccc1. The Bertz CT molecular complexity index is 1130. The van der Waals surface area contributed by atoms with E-state index in [-0.39, 0.29) is 22.0 Å². The molecule has 6 nitrogen and oxygen atoms in total. The van der Waals surface area contributed by atoms with Gasteiger partial charge in [-0.1, -0.05) is 43.9 Å². The van der Waals surface area contributed by atoms with E-state index in [0.29, 0.717) is 24.3 Å². The van der Waals surface area contributed by atoms with E-state index >= 15 is 0 Å². The minimum absolute atomic E-state index is 0.134. The molecule has 0 unspecified atom stereocenters. The van der Waals surface area contributed by atoms with Crippen LogP contribution in [0.3, 0.4) is 0 Å². The lowest BCUT2D eigenvalue weighted by atomic mass is 10.00. The van der Waals surface area contributed by atoms with E-state index < -0.39 is 10.0 Å². The second kappa shape index (κ2) is 8.08. The first-order valence-corrected chi connectivity index (χ1v) is 11.3. The minimum Gasteiger partial charge on any atom is -0.380 e. The summed E-state index contributed by atoms with van der Waals surface area (Å²) in [6.07, 6.45) is 6.26. The predicted octanol–water partition coefficient (Wildman–Crippen LogP) is 4.18. The molecule has 0 N–H and O–H groups in total. The third-order valence-electron chi connectivity index (χ3n) is 5.48. The zero-order chi connectivity index (χ0) is 20.4. The second-order valence-electron chi connectivity index (χ2n) is 7.58. The normalized spacial score (nSPS) is 15.2. The Kier molecular flexibility index (Phi) is 5.52. The molecule has 1 aromatic carbocycles. The van der Waals surface area contributed by atoms with E-state index in [0.717, 1.165) is 35.2 Å². The van der Waals surface area contributed by atoms with Crippen LogP contribution in [0.25, 0.3) is 11.0 Å². The first kappa shape index (κ1) is 19.8. The number of hydrogen-bond donors (Lipinski definition) is 0. The van der Waals surface area contributed by atoms with Crippen molar-refractivity contribution in [3.63, 3.8) is 0 Å². The highest BCUT2D eigenvalue weighted by Crippen LogP contribution is 2.31. The number of Topliss-reactive ketones (excluding diaryl/α,β-unsaturated/α-hetero) is 1. The summed E-state index contributed by atoms with van der Waals surface area (Å²) in [7, 11) is -2.37. The topological polar surface area (TPSA) is 78.3 Å². The summed E-state index contributed by atoms with van der Waals surface area (Å²) in [5.41, 5.74) is 1.27. The van der Waals surface area contributed by atoms with Gasteiger partial charge < -0.3 is 4.74 Å². The van der Waals surface area contributed by atoms with Crippen molar-refractivity contribution in [1.29, 1.82) is 0 Å². The molecule has 0 atom stereocenters. The largest absolute Gasteiger partial charge is 0.380 e. The van der Waals surface area contributed by atoms with Gasteiger partial charge in [0.05, 0.1) is 11.5 Å². The molecule has 4 rings (SSSR count). The highest BCUT2D eigenvalue weighted by molar-refractivity contribution is 7.90. The van der Waals surface area contributed by atoms with Crippen LogP contribution in [0.2, 0.25) is 0 Å². The van der Waals surface area contributed by atoms with Crippen LogP contribution in [-0.4, -0.2) is 30.3 Å². The molecule has 2 aromatic heterocycles. The summed E-state index contributed by atoms with van der Waals surface area (Å²) >= 11 is 0. The van der Waals surface area contributed by atoms with Crippen LogP contribution in [0, 0.1) is 5.92 Å². The standard InChI is InChI=1S/C22H24N2O4S/c1-28-15-17-11-18-13-20(21(25)12-16-7-5-6-8-16)24(22(18)23-14-17)29(26,27)19-9-3-2-4-10-19/h2-4,9-11,13-14,16H,5-8,12,15H2,1H3. The maximum atomic E-state index is 13.4. The molecule has 1 fully saturated rings. The summed E-state index contributed by atoms with van der Waals surface area (Å²) < 4.78 is 33.1. The van der Waals surface area contributed by atoms with Crippen molar-refractivity contribution in [3.05, 3.63) is 59.9 Å². The number of carbonyl (C=O) groups excluding carboxylic acids is 1. The molecule has 7 heteroatoms. The maximum Gasteiger partial charge on any atom is 0.270 e. The van der Waals surface area contributed by atoms with Gasteiger partial charge >= 0.3 is 0 Å². The summed E-state index contributed by atoms with van der Waals surface area (Å²) in [6.45, 7) is 0.366. The van der Waals surface area contributed by atoms with Gasteiger partial charge in [0.2, 0.25) is 0 Å². The fourth-order valence-corrected chi connectivity index (χ4v) is 5.58. The average Bonchev–Trinajstić information content (AvgIpc) is 3.36. The molecule has 0 saturated heterocycles. The predicted molar refractivity (Wildman–Crippen MR) is 110 cm³/mol. The van der Waals surface area contributed by atoms with Crippen molar-refractivity contribution in [3.8, 4) is 0 Å². The van der Waals surface area contributed by atoms with Crippen LogP contribution in [0.5, 0.6) is 0 Å². The van der Waals surface area contributed by atoms with Crippen molar-refractivity contribution in [2.45, 2.75) is 43.6 Å². The van der Waals surface area contributed by atoms with Gasteiger partial charge in [-0.2, -0.15) is 0 Å². The van der Waals surface area contributed by atoms with Crippen LogP contribution < -0.4 is 0 Å². The maximum absolute atomic E-state index is 13.4. The second-order valence-corrected chi connectivity index (χ2v) is 9.37. The van der Waals surface area contributed by atoms with E-state index in [9.17, 15) is 13.2 Å². The van der Waals surface area contributed by atoms with Gasteiger partial charge in [0.1, 0.15) is 5.69 Å². The molecule has 0 bridgehead atoms. The van der Waals surface area contributed by atoms with E-state index in [2.05, 4.69) is 4.98 Å². The number of ether oxygens (including phenoxy) is 1. The van der Waals surface area contributed by atoms with Gasteiger partial charge in [-0.05, 0) is 35.7 Å². The summed E-state index contributed by atoms with van der Waals surface area (Å²) in [5, 5.41) is 0.619. The van der Waals surface area contributed by atoms with Gasteiger partial charge in [0.15, 0.2) is 11.4 Å². The van der Waals surface area contributed by atoms with Crippen LogP contribution in [0.15, 0.2) is 53.6 Å². The molecule has 29 heavy (non-hydrogen) atoms. The third kappa shape index (κ3) is 3.84. The number of ketones is 1. The number of nitrogens with zero attached hydrogens (tertiary/aromatic N) is 2. The third-order valence-corrected chi connectivity index (χ3v) is 7.20. The fraction of sp³-hybridized carbons (Fsp3) is 0.364. The number of methoxy groups -OCH3 is 1. The Morgan fingerprint density at radius 1 is 1.17 bits per heavy atom. The highest BCUT2D eigenvalue weighted by Gasteiger charge is 2.29. The van der Waals surface area contributed by atoms with Gasteiger partial charge in [0.25, 0.3) is 10.0 Å². The molecule has 0 spiro atoms. The van der Waals surface area contributed by atoms with E-state index in [1.165, 1.54) is 12.1 Å². The Hall–Kier alpha value is -2.51. The van der Waals surface area contributed by atoms with E-state index in [1.807, 2.05) is 6.07 Å². The van der Waals surface area contributed by atoms with Crippen molar-refractivity contribution in [1.82, 2.24) is 8.96 Å². The number of rotatable bonds is 7.